The van der Waals surface area contributed by atoms with Gasteiger partial charge in [0.2, 0.25) is 0 Å². The zero-order valence-electron chi connectivity index (χ0n) is 31.9. The molecule has 280 valence electrons. The van der Waals surface area contributed by atoms with Gasteiger partial charge in [0, 0.05) is 26.4 Å². The molecule has 4 atom stereocenters. The van der Waals surface area contributed by atoms with Crippen molar-refractivity contribution < 1.29 is 28.5 Å². The number of ether oxygens (including phenoxy) is 5. The number of hydrogen-bond acceptors (Lipinski definition) is 7. The molecule has 1 aliphatic rings. The summed E-state index contributed by atoms with van der Waals surface area (Å²) >= 11 is 0. The lowest BCUT2D eigenvalue weighted by Crippen LogP contribution is -2.40. The van der Waals surface area contributed by atoms with Gasteiger partial charge in [-0.1, -0.05) is 156 Å². The molecule has 1 rings (SSSR count). The van der Waals surface area contributed by atoms with E-state index in [0.717, 1.165) is 19.3 Å². The van der Waals surface area contributed by atoms with Gasteiger partial charge in [-0.05, 0) is 33.4 Å². The molecule has 7 heteroatoms. The zero-order valence-corrected chi connectivity index (χ0v) is 31.9. The molecule has 1 fully saturated rings. The third-order valence-corrected chi connectivity index (χ3v) is 9.34. The molecule has 0 aromatic rings. The maximum atomic E-state index is 12.5. The van der Waals surface area contributed by atoms with Gasteiger partial charge < -0.3 is 28.6 Å². The first-order valence-corrected chi connectivity index (χ1v) is 20.3. The van der Waals surface area contributed by atoms with E-state index in [9.17, 15) is 4.79 Å². The Morgan fingerprint density at radius 3 is 1.34 bits per heavy atom. The lowest BCUT2D eigenvalue weighted by atomic mass is 10.1. The molecular weight excluding hydrogens is 590 g/mol. The standard InChI is InChI=1S/C40H79NO6/c1-6-9-12-15-18-21-24-27-32-43-38-36(35-46-37(42)30-31-41(4)5)47-40(45-34-29-26-23-20-17-14-11-8-3)39(38)44-33-28-25-22-19-16-13-10-7-2/h36,38-40H,6-35H2,1-5H3/t36-,38-,39-,40-/m1/s1. The van der Waals surface area contributed by atoms with Crippen LogP contribution in [-0.4, -0.2) is 82.5 Å². The van der Waals surface area contributed by atoms with Gasteiger partial charge in [-0.25, -0.2) is 0 Å². The number of rotatable bonds is 35. The molecule has 1 heterocycles. The average Bonchev–Trinajstić information content (AvgIpc) is 3.39. The molecule has 0 aromatic heterocycles. The Morgan fingerprint density at radius 2 is 0.915 bits per heavy atom. The third kappa shape index (κ3) is 25.0. The molecule has 1 saturated heterocycles. The van der Waals surface area contributed by atoms with E-state index in [4.69, 9.17) is 23.7 Å². The Morgan fingerprint density at radius 1 is 0.532 bits per heavy atom. The molecule has 0 aliphatic carbocycles. The predicted octanol–water partition coefficient (Wildman–Crippen LogP) is 10.4. The van der Waals surface area contributed by atoms with Crippen molar-refractivity contribution in [2.24, 2.45) is 0 Å². The number of unbranched alkanes of at least 4 members (excludes halogenated alkanes) is 21. The van der Waals surface area contributed by atoms with Gasteiger partial charge in [-0.15, -0.1) is 0 Å². The predicted molar refractivity (Wildman–Crippen MR) is 196 cm³/mol. The van der Waals surface area contributed by atoms with E-state index in [1.54, 1.807) is 0 Å². The number of hydrogen-bond donors (Lipinski definition) is 0. The maximum absolute atomic E-state index is 12.5. The summed E-state index contributed by atoms with van der Waals surface area (Å²) in [7, 11) is 3.93. The highest BCUT2D eigenvalue weighted by Crippen LogP contribution is 2.29. The second kappa shape index (κ2) is 32.5. The number of carbonyl (C=O) groups is 1. The van der Waals surface area contributed by atoms with Crippen LogP contribution in [0.4, 0.5) is 0 Å². The van der Waals surface area contributed by atoms with Crippen LogP contribution >= 0.6 is 0 Å². The summed E-state index contributed by atoms with van der Waals surface area (Å²) in [6, 6.07) is 0. The SMILES string of the molecule is CCCCCCCCCCO[C@@H]1O[C@H](COC(=O)CCN(C)C)[C@@H](OCCCCCCCCCC)[C@H]1OCCCCCCCCCC. The van der Waals surface area contributed by atoms with Crippen molar-refractivity contribution in [2.45, 2.75) is 206 Å². The second-order valence-corrected chi connectivity index (χ2v) is 14.2. The third-order valence-electron chi connectivity index (χ3n) is 9.34. The fourth-order valence-electron chi connectivity index (χ4n) is 6.25. The molecule has 0 bridgehead atoms. The highest BCUT2D eigenvalue weighted by molar-refractivity contribution is 5.69. The van der Waals surface area contributed by atoms with Crippen molar-refractivity contribution in [3.8, 4) is 0 Å². The minimum Gasteiger partial charge on any atom is -0.463 e. The molecule has 0 N–H and O–H groups in total. The molecule has 7 nitrogen and oxygen atoms in total. The summed E-state index contributed by atoms with van der Waals surface area (Å²) in [6.45, 7) is 9.62. The second-order valence-electron chi connectivity index (χ2n) is 14.2. The Labute approximate surface area is 291 Å². The lowest BCUT2D eigenvalue weighted by Gasteiger charge is -2.25. The van der Waals surface area contributed by atoms with Crippen molar-refractivity contribution in [1.82, 2.24) is 4.90 Å². The van der Waals surface area contributed by atoms with Crippen LogP contribution in [0.2, 0.25) is 0 Å². The van der Waals surface area contributed by atoms with E-state index in [0.29, 0.717) is 32.8 Å². The Bertz CT molecular complexity index is 677. The first-order valence-electron chi connectivity index (χ1n) is 20.3. The molecule has 0 radical (unpaired) electrons. The van der Waals surface area contributed by atoms with E-state index in [1.165, 1.54) is 135 Å². The van der Waals surface area contributed by atoms with Gasteiger partial charge in [0.15, 0.2) is 6.29 Å². The minimum atomic E-state index is -0.498. The minimum absolute atomic E-state index is 0.170. The quantitative estimate of drug-likeness (QED) is 0.0491. The average molecular weight is 670 g/mol. The van der Waals surface area contributed by atoms with E-state index < -0.39 is 6.29 Å². The van der Waals surface area contributed by atoms with E-state index in [1.807, 2.05) is 19.0 Å². The van der Waals surface area contributed by atoms with Crippen molar-refractivity contribution in [3.63, 3.8) is 0 Å². The number of carbonyl (C=O) groups excluding carboxylic acids is 1. The van der Waals surface area contributed by atoms with Gasteiger partial charge >= 0.3 is 5.97 Å². The smallest absolute Gasteiger partial charge is 0.307 e. The largest absolute Gasteiger partial charge is 0.463 e. The van der Waals surface area contributed by atoms with Crippen LogP contribution in [0.15, 0.2) is 0 Å². The fraction of sp³-hybridized carbons (Fsp3) is 0.975. The van der Waals surface area contributed by atoms with Crippen LogP contribution in [0.3, 0.4) is 0 Å². The highest BCUT2D eigenvalue weighted by Gasteiger charge is 2.47. The summed E-state index contributed by atoms with van der Waals surface area (Å²) in [5.74, 6) is -0.205. The summed E-state index contributed by atoms with van der Waals surface area (Å²) in [5, 5.41) is 0. The van der Waals surface area contributed by atoms with Gasteiger partial charge in [0.05, 0.1) is 6.42 Å². The van der Waals surface area contributed by atoms with E-state index in [-0.39, 0.29) is 30.9 Å². The van der Waals surface area contributed by atoms with Crippen LogP contribution in [0, 0.1) is 0 Å². The first-order chi connectivity index (χ1) is 23.0. The Balaban J connectivity index is 2.71. The normalized spacial score (nSPS) is 19.6. The Kier molecular flexibility index (Phi) is 30.6. The van der Waals surface area contributed by atoms with Crippen LogP contribution in [0.5, 0.6) is 0 Å². The van der Waals surface area contributed by atoms with Crippen LogP contribution in [0.1, 0.15) is 181 Å². The summed E-state index contributed by atoms with van der Waals surface area (Å²) in [4.78, 5) is 14.5. The van der Waals surface area contributed by atoms with E-state index in [2.05, 4.69) is 20.8 Å². The maximum Gasteiger partial charge on any atom is 0.307 e. The van der Waals surface area contributed by atoms with Crippen molar-refractivity contribution in [1.29, 1.82) is 0 Å². The van der Waals surface area contributed by atoms with Crippen molar-refractivity contribution in [3.05, 3.63) is 0 Å². The Hall–Kier alpha value is -0.730. The number of esters is 1. The molecule has 0 amide bonds. The molecule has 47 heavy (non-hydrogen) atoms. The van der Waals surface area contributed by atoms with Crippen molar-refractivity contribution in [2.75, 3.05) is 47.1 Å². The number of nitrogens with zero attached hydrogens (tertiary/aromatic N) is 1. The highest BCUT2D eigenvalue weighted by atomic mass is 16.7. The summed E-state index contributed by atoms with van der Waals surface area (Å²) in [6.07, 6.45) is 29.1. The van der Waals surface area contributed by atoms with Crippen molar-refractivity contribution >= 4 is 5.97 Å². The topological polar surface area (TPSA) is 66.5 Å². The van der Waals surface area contributed by atoms with Crippen LogP contribution in [-0.2, 0) is 28.5 Å². The molecule has 0 unspecified atom stereocenters. The molecular formula is C40H79NO6. The van der Waals surface area contributed by atoms with Gasteiger partial charge in [-0.2, -0.15) is 0 Å². The molecule has 0 saturated carbocycles. The van der Waals surface area contributed by atoms with E-state index >= 15 is 0 Å². The zero-order chi connectivity index (χ0) is 34.2. The van der Waals surface area contributed by atoms with Gasteiger partial charge in [-0.3, -0.25) is 4.79 Å². The molecule has 1 aliphatic heterocycles. The molecule has 0 aromatic carbocycles. The first kappa shape index (κ1) is 44.3. The lowest BCUT2D eigenvalue weighted by molar-refractivity contribution is -0.184. The monoisotopic (exact) mass is 670 g/mol. The van der Waals surface area contributed by atoms with Crippen LogP contribution in [0.25, 0.3) is 0 Å². The van der Waals surface area contributed by atoms with Gasteiger partial charge in [0.25, 0.3) is 0 Å². The summed E-state index contributed by atoms with van der Waals surface area (Å²) < 4.78 is 31.6. The van der Waals surface area contributed by atoms with Gasteiger partial charge in [0.1, 0.15) is 24.9 Å². The fourth-order valence-corrected chi connectivity index (χ4v) is 6.25. The van der Waals surface area contributed by atoms with Crippen LogP contribution < -0.4 is 0 Å². The summed E-state index contributed by atoms with van der Waals surface area (Å²) in [5.41, 5.74) is 0. The molecule has 0 spiro atoms.